The molecule has 0 saturated carbocycles. The van der Waals surface area contributed by atoms with E-state index in [0.717, 1.165) is 29.5 Å². The van der Waals surface area contributed by atoms with E-state index in [4.69, 9.17) is 27.5 Å². The number of nitrogens with one attached hydrogen (secondary N) is 1. The highest BCUT2D eigenvalue weighted by molar-refractivity contribution is 8.18. The van der Waals surface area contributed by atoms with Gasteiger partial charge >= 0.3 is 0 Å². The molecule has 0 bridgehead atoms. The minimum atomic E-state index is -0.546. The molecule has 2 fully saturated rings. The van der Waals surface area contributed by atoms with Crippen LogP contribution in [0.4, 0.5) is 4.79 Å². The zero-order valence-corrected chi connectivity index (χ0v) is 17.1. The van der Waals surface area contributed by atoms with Crippen molar-refractivity contribution in [1.82, 2.24) is 10.2 Å². The van der Waals surface area contributed by atoms with Crippen molar-refractivity contribution in [3.63, 3.8) is 0 Å². The summed E-state index contributed by atoms with van der Waals surface area (Å²) < 4.78 is 10.9. The molecule has 0 radical (unpaired) electrons. The zero-order chi connectivity index (χ0) is 20.8. The lowest BCUT2D eigenvalue weighted by Gasteiger charge is -2.14. The number of carbonyl (C=O) groups excluding carboxylic acids is 3. The molecule has 2 heterocycles. The number of hydrogen-bond donors (Lipinski definition) is 1. The fraction of sp³-hybridized carbons (Fsp3) is 0.350. The maximum absolute atomic E-state index is 12.6. The minimum absolute atomic E-state index is 0.0157. The number of imide groups is 1. The van der Waals surface area contributed by atoms with Crippen molar-refractivity contribution >= 4 is 46.5 Å². The van der Waals surface area contributed by atoms with Gasteiger partial charge in [0.25, 0.3) is 11.1 Å². The lowest BCUT2D eigenvalue weighted by atomic mass is 10.2. The Kier molecular flexibility index (Phi) is 7.20. The first-order chi connectivity index (χ1) is 14.0. The van der Waals surface area contributed by atoms with Gasteiger partial charge < -0.3 is 14.8 Å². The van der Waals surface area contributed by atoms with Crippen LogP contribution in [-0.2, 0) is 14.3 Å². The van der Waals surface area contributed by atoms with E-state index in [1.807, 2.05) is 0 Å². The van der Waals surface area contributed by atoms with E-state index in [1.165, 1.54) is 6.08 Å². The lowest BCUT2D eigenvalue weighted by molar-refractivity contribution is -0.129. The molecule has 9 heteroatoms. The number of thioether (sulfide) groups is 1. The summed E-state index contributed by atoms with van der Waals surface area (Å²) in [5.41, 5.74) is 0.515. The normalized spacial score (nSPS) is 20.2. The molecule has 0 spiro atoms. The maximum atomic E-state index is 12.6. The van der Waals surface area contributed by atoms with E-state index in [-0.39, 0.29) is 24.2 Å². The molecule has 29 heavy (non-hydrogen) atoms. The van der Waals surface area contributed by atoms with Gasteiger partial charge in [-0.15, -0.1) is 6.42 Å². The van der Waals surface area contributed by atoms with Crippen molar-refractivity contribution < 1.29 is 23.9 Å². The Morgan fingerprint density at radius 3 is 3.03 bits per heavy atom. The van der Waals surface area contributed by atoms with Crippen molar-refractivity contribution in [2.24, 2.45) is 0 Å². The number of carbonyl (C=O) groups is 3. The van der Waals surface area contributed by atoms with Crippen LogP contribution in [0.1, 0.15) is 18.4 Å². The van der Waals surface area contributed by atoms with Crippen molar-refractivity contribution in [3.05, 3.63) is 33.7 Å². The number of amides is 3. The van der Waals surface area contributed by atoms with Gasteiger partial charge in [0.05, 0.1) is 11.0 Å². The molecule has 0 aliphatic carbocycles. The Hall–Kier alpha value is -2.47. The first kappa shape index (κ1) is 21.2. The largest absolute Gasteiger partial charge is 0.480 e. The zero-order valence-electron chi connectivity index (χ0n) is 15.5. The highest BCUT2D eigenvalue weighted by atomic mass is 35.5. The topological polar surface area (TPSA) is 84.9 Å². The van der Waals surface area contributed by atoms with E-state index >= 15 is 0 Å². The van der Waals surface area contributed by atoms with E-state index < -0.39 is 17.1 Å². The molecule has 2 aliphatic heterocycles. The number of ether oxygens (including phenoxy) is 2. The third-order valence-electron chi connectivity index (χ3n) is 4.30. The van der Waals surface area contributed by atoms with Crippen molar-refractivity contribution in [3.8, 4) is 18.1 Å². The predicted octanol–water partition coefficient (Wildman–Crippen LogP) is 2.68. The van der Waals surface area contributed by atoms with Crippen LogP contribution in [0.25, 0.3) is 6.08 Å². The average Bonchev–Trinajstić information content (AvgIpc) is 3.30. The molecule has 152 valence electrons. The summed E-state index contributed by atoms with van der Waals surface area (Å²) in [7, 11) is 0. The fourth-order valence-corrected chi connectivity index (χ4v) is 3.90. The quantitative estimate of drug-likeness (QED) is 0.524. The Bertz CT molecular complexity index is 889. The molecule has 2 aliphatic rings. The van der Waals surface area contributed by atoms with Crippen LogP contribution in [-0.4, -0.2) is 54.4 Å². The molecule has 0 aromatic heterocycles. The summed E-state index contributed by atoms with van der Waals surface area (Å²) in [6, 6.07) is 4.87. The highest BCUT2D eigenvalue weighted by Gasteiger charge is 2.36. The molecule has 2 saturated heterocycles. The molecule has 7 nitrogen and oxygen atoms in total. The first-order valence-corrected chi connectivity index (χ1v) is 10.2. The molecular weight excluding hydrogens is 416 g/mol. The lowest BCUT2D eigenvalue weighted by Crippen LogP contribution is -2.41. The Morgan fingerprint density at radius 1 is 1.48 bits per heavy atom. The molecular formula is C20H19ClN2O5S. The molecule has 3 amide bonds. The summed E-state index contributed by atoms with van der Waals surface area (Å²) in [5.74, 6) is 1.84. The molecule has 1 aromatic carbocycles. The molecule has 1 N–H and O–H groups in total. The molecule has 0 unspecified atom stereocenters. The summed E-state index contributed by atoms with van der Waals surface area (Å²) >= 11 is 6.79. The van der Waals surface area contributed by atoms with E-state index in [9.17, 15) is 14.4 Å². The van der Waals surface area contributed by atoms with E-state index in [0.29, 0.717) is 29.5 Å². The van der Waals surface area contributed by atoms with Crippen LogP contribution in [0, 0.1) is 12.3 Å². The van der Waals surface area contributed by atoms with Crippen LogP contribution in [0.2, 0.25) is 5.02 Å². The Labute approximate surface area is 177 Å². The minimum Gasteiger partial charge on any atom is -0.480 e. The number of hydrogen-bond acceptors (Lipinski definition) is 6. The second-order valence-electron chi connectivity index (χ2n) is 6.38. The van der Waals surface area contributed by atoms with Gasteiger partial charge in [-0.2, -0.15) is 0 Å². The van der Waals surface area contributed by atoms with E-state index in [1.54, 1.807) is 18.2 Å². The smallest absolute Gasteiger partial charge is 0.294 e. The predicted molar refractivity (Wildman–Crippen MR) is 110 cm³/mol. The van der Waals surface area contributed by atoms with Gasteiger partial charge in [0.15, 0.2) is 0 Å². The van der Waals surface area contributed by atoms with Gasteiger partial charge in [0.1, 0.15) is 18.9 Å². The Balaban J connectivity index is 1.67. The van der Waals surface area contributed by atoms with Crippen molar-refractivity contribution in [1.29, 1.82) is 0 Å². The maximum Gasteiger partial charge on any atom is 0.294 e. The number of rotatable bonds is 7. The summed E-state index contributed by atoms with van der Waals surface area (Å²) in [5, 5.41) is 2.63. The number of terminal acetylenes is 1. The number of halogens is 1. The molecule has 1 atom stereocenters. The van der Waals surface area contributed by atoms with Crippen LogP contribution in [0.5, 0.6) is 5.75 Å². The third-order valence-corrected chi connectivity index (χ3v) is 5.44. The van der Waals surface area contributed by atoms with Crippen molar-refractivity contribution in [2.45, 2.75) is 18.9 Å². The van der Waals surface area contributed by atoms with Gasteiger partial charge in [-0.3, -0.25) is 19.3 Å². The van der Waals surface area contributed by atoms with Crippen LogP contribution >= 0.6 is 23.4 Å². The summed E-state index contributed by atoms with van der Waals surface area (Å²) in [6.07, 6.45) is 8.56. The van der Waals surface area contributed by atoms with Crippen molar-refractivity contribution in [2.75, 3.05) is 26.3 Å². The van der Waals surface area contributed by atoms with Gasteiger partial charge in [0.2, 0.25) is 5.91 Å². The van der Waals surface area contributed by atoms with Gasteiger partial charge in [-0.25, -0.2) is 0 Å². The second kappa shape index (κ2) is 9.83. The standard InChI is InChI=1S/C20H19ClN2O5S/c1-2-7-28-16-6-5-14(21)9-13(16)10-17-19(25)23(20(26)29-17)12-18(24)22-11-15-4-3-8-27-15/h1,5-6,9-10,15H,3-4,7-8,11-12H2,(H,22,24)/b17-10-/t15-/m1/s1. The van der Waals surface area contributed by atoms with E-state index in [2.05, 4.69) is 11.2 Å². The van der Waals surface area contributed by atoms with Crippen LogP contribution in [0.15, 0.2) is 23.1 Å². The van der Waals surface area contributed by atoms with Gasteiger partial charge in [-0.1, -0.05) is 17.5 Å². The van der Waals surface area contributed by atoms with Gasteiger partial charge in [0, 0.05) is 23.7 Å². The summed E-state index contributed by atoms with van der Waals surface area (Å²) in [6.45, 7) is 0.758. The van der Waals surface area contributed by atoms with Crippen LogP contribution < -0.4 is 10.1 Å². The highest BCUT2D eigenvalue weighted by Crippen LogP contribution is 2.34. The number of benzene rings is 1. The monoisotopic (exact) mass is 434 g/mol. The second-order valence-corrected chi connectivity index (χ2v) is 7.81. The third kappa shape index (κ3) is 5.54. The fourth-order valence-electron chi connectivity index (χ4n) is 2.89. The first-order valence-electron chi connectivity index (χ1n) is 8.97. The van der Waals surface area contributed by atoms with Gasteiger partial charge in [-0.05, 0) is 48.9 Å². The summed E-state index contributed by atoms with van der Waals surface area (Å²) in [4.78, 5) is 38.1. The van der Waals surface area contributed by atoms with Crippen LogP contribution in [0.3, 0.4) is 0 Å². The molecule has 1 aromatic rings. The SMILES string of the molecule is C#CCOc1ccc(Cl)cc1/C=C1\SC(=O)N(CC(=O)NC[C@H]2CCCO2)C1=O. The Morgan fingerprint density at radius 2 is 2.31 bits per heavy atom. The number of nitrogens with zero attached hydrogens (tertiary/aromatic N) is 1. The average molecular weight is 435 g/mol. The molecule has 3 rings (SSSR count).